The molecule has 0 aliphatic carbocycles. The molecule has 0 atom stereocenters. The van der Waals surface area contributed by atoms with Crippen LogP contribution in [0.1, 0.15) is 16.7 Å². The molecule has 126 valence electrons. The van der Waals surface area contributed by atoms with Crippen molar-refractivity contribution in [2.45, 2.75) is 13.8 Å². The number of nitrogens with zero attached hydrogens (tertiary/aromatic N) is 1. The Labute approximate surface area is 153 Å². The Bertz CT molecular complexity index is 770. The molecule has 7 heteroatoms. The van der Waals surface area contributed by atoms with Crippen LogP contribution in [0.15, 0.2) is 46.0 Å². The summed E-state index contributed by atoms with van der Waals surface area (Å²) < 4.78 is 6.42. The molecule has 0 heterocycles. The van der Waals surface area contributed by atoms with Gasteiger partial charge in [0.1, 0.15) is 5.75 Å². The van der Waals surface area contributed by atoms with Crippen molar-refractivity contribution < 1.29 is 14.4 Å². The van der Waals surface area contributed by atoms with Crippen LogP contribution in [0, 0.1) is 13.8 Å². The number of hydrogen-bond donors (Lipinski definition) is 1. The molecule has 5 nitrogen and oxygen atoms in total. The smallest absolute Gasteiger partial charge is 0.372 e. The Morgan fingerprint density at radius 2 is 1.88 bits per heavy atom. The summed E-state index contributed by atoms with van der Waals surface area (Å²) in [5, 5.41) is 4.01. The predicted octanol–water partition coefficient (Wildman–Crippen LogP) is 3.96. The number of oxime groups is 1. The average molecular weight is 412 g/mol. The molecule has 0 saturated heterocycles. The van der Waals surface area contributed by atoms with E-state index in [4.69, 9.17) is 26.9 Å². The standard InChI is InChI=1S/C17H16BrClN2O3/c1-10-7-12(8-11(2)16(10)18)23-9-15(22)24-21-17(20)13-5-3-4-6-14(13)19/h3-8H,9H2,1-2H3,(H2,20,21). The summed E-state index contributed by atoms with van der Waals surface area (Å²) in [6.45, 7) is 3.60. The zero-order chi connectivity index (χ0) is 17.7. The van der Waals surface area contributed by atoms with Gasteiger partial charge < -0.3 is 15.3 Å². The van der Waals surface area contributed by atoms with E-state index in [0.29, 0.717) is 16.3 Å². The van der Waals surface area contributed by atoms with Gasteiger partial charge in [0.05, 0.1) is 5.02 Å². The first kappa shape index (κ1) is 18.3. The Morgan fingerprint density at radius 3 is 2.50 bits per heavy atom. The molecule has 0 radical (unpaired) electrons. The van der Waals surface area contributed by atoms with Crippen molar-refractivity contribution in [3.05, 3.63) is 62.6 Å². The highest BCUT2D eigenvalue weighted by Gasteiger charge is 2.09. The Morgan fingerprint density at radius 1 is 1.25 bits per heavy atom. The lowest BCUT2D eigenvalue weighted by Crippen LogP contribution is -2.18. The molecule has 0 unspecified atom stereocenters. The van der Waals surface area contributed by atoms with Gasteiger partial charge in [0.25, 0.3) is 0 Å². The van der Waals surface area contributed by atoms with Gasteiger partial charge in [0.2, 0.25) is 0 Å². The van der Waals surface area contributed by atoms with Gasteiger partial charge in [-0.3, -0.25) is 0 Å². The topological polar surface area (TPSA) is 73.9 Å². The van der Waals surface area contributed by atoms with Gasteiger partial charge in [0, 0.05) is 10.0 Å². The summed E-state index contributed by atoms with van der Waals surface area (Å²) in [5.41, 5.74) is 8.27. The second-order valence-corrected chi connectivity index (χ2v) is 6.28. The minimum atomic E-state index is -0.664. The van der Waals surface area contributed by atoms with Gasteiger partial charge in [-0.25, -0.2) is 4.79 Å². The number of carbonyl (C=O) groups is 1. The molecule has 2 aromatic rings. The van der Waals surface area contributed by atoms with Crippen molar-refractivity contribution in [2.75, 3.05) is 6.61 Å². The van der Waals surface area contributed by atoms with E-state index in [-0.39, 0.29) is 12.4 Å². The number of ether oxygens (including phenoxy) is 1. The van der Waals surface area contributed by atoms with E-state index in [9.17, 15) is 4.79 Å². The van der Waals surface area contributed by atoms with Crippen molar-refractivity contribution in [3.8, 4) is 5.75 Å². The van der Waals surface area contributed by atoms with Crippen LogP contribution in [0.25, 0.3) is 0 Å². The van der Waals surface area contributed by atoms with Crippen LogP contribution in [0.2, 0.25) is 5.02 Å². The van der Waals surface area contributed by atoms with Gasteiger partial charge in [-0.15, -0.1) is 0 Å². The number of amidine groups is 1. The zero-order valence-corrected chi connectivity index (χ0v) is 15.5. The lowest BCUT2D eigenvalue weighted by Gasteiger charge is -2.09. The molecule has 0 saturated carbocycles. The summed E-state index contributed by atoms with van der Waals surface area (Å²) in [4.78, 5) is 16.5. The van der Waals surface area contributed by atoms with Crippen molar-refractivity contribution in [1.82, 2.24) is 0 Å². The lowest BCUT2D eigenvalue weighted by molar-refractivity contribution is -0.146. The van der Waals surface area contributed by atoms with E-state index >= 15 is 0 Å². The van der Waals surface area contributed by atoms with Crippen molar-refractivity contribution in [2.24, 2.45) is 10.9 Å². The largest absolute Gasteiger partial charge is 0.482 e. The maximum absolute atomic E-state index is 11.7. The maximum atomic E-state index is 11.7. The van der Waals surface area contributed by atoms with E-state index in [2.05, 4.69) is 21.1 Å². The van der Waals surface area contributed by atoms with Crippen molar-refractivity contribution >= 4 is 39.3 Å². The van der Waals surface area contributed by atoms with Crippen LogP contribution in [0.5, 0.6) is 5.75 Å². The van der Waals surface area contributed by atoms with E-state index in [1.165, 1.54) is 0 Å². The number of nitrogens with two attached hydrogens (primary N) is 1. The van der Waals surface area contributed by atoms with Gasteiger partial charge in [-0.2, -0.15) is 0 Å². The number of rotatable bonds is 5. The van der Waals surface area contributed by atoms with Crippen molar-refractivity contribution in [3.63, 3.8) is 0 Å². The molecule has 0 fully saturated rings. The Hall–Kier alpha value is -2.05. The molecule has 0 amide bonds. The van der Waals surface area contributed by atoms with Gasteiger partial charge in [-0.05, 0) is 49.2 Å². The third-order valence-electron chi connectivity index (χ3n) is 3.16. The molecule has 2 N–H and O–H groups in total. The average Bonchev–Trinajstić information content (AvgIpc) is 2.56. The first-order valence-corrected chi connectivity index (χ1v) is 8.23. The van der Waals surface area contributed by atoms with Crippen LogP contribution in [-0.4, -0.2) is 18.4 Å². The Kier molecular flexibility index (Phi) is 6.23. The highest BCUT2D eigenvalue weighted by Crippen LogP contribution is 2.26. The molecule has 2 aromatic carbocycles. The highest BCUT2D eigenvalue weighted by atomic mass is 79.9. The van der Waals surface area contributed by atoms with Crippen LogP contribution < -0.4 is 10.5 Å². The quantitative estimate of drug-likeness (QED) is 0.350. The number of benzene rings is 2. The summed E-state index contributed by atoms with van der Waals surface area (Å²) in [7, 11) is 0. The van der Waals surface area contributed by atoms with E-state index in [1.54, 1.807) is 24.3 Å². The Balaban J connectivity index is 1.94. The predicted molar refractivity (Wildman–Crippen MR) is 97.4 cm³/mol. The molecule has 0 spiro atoms. The fourth-order valence-electron chi connectivity index (χ4n) is 1.98. The molecular weight excluding hydrogens is 396 g/mol. The van der Waals surface area contributed by atoms with Crippen LogP contribution in [0.4, 0.5) is 0 Å². The fraction of sp³-hybridized carbons (Fsp3) is 0.176. The first-order valence-electron chi connectivity index (χ1n) is 7.06. The van der Waals surface area contributed by atoms with Gasteiger partial charge in [-0.1, -0.05) is 44.8 Å². The highest BCUT2D eigenvalue weighted by molar-refractivity contribution is 9.10. The number of hydrogen-bond acceptors (Lipinski definition) is 4. The van der Waals surface area contributed by atoms with Crippen molar-refractivity contribution in [1.29, 1.82) is 0 Å². The van der Waals surface area contributed by atoms with E-state index in [0.717, 1.165) is 15.6 Å². The number of aryl methyl sites for hydroxylation is 2. The fourth-order valence-corrected chi connectivity index (χ4v) is 2.44. The zero-order valence-electron chi connectivity index (χ0n) is 13.2. The second-order valence-electron chi connectivity index (χ2n) is 5.08. The maximum Gasteiger partial charge on any atom is 0.372 e. The first-order chi connectivity index (χ1) is 11.4. The third-order valence-corrected chi connectivity index (χ3v) is 4.74. The number of carbonyl (C=O) groups excluding carboxylic acids is 1. The minimum Gasteiger partial charge on any atom is -0.482 e. The second kappa shape index (κ2) is 8.17. The van der Waals surface area contributed by atoms with Gasteiger partial charge >= 0.3 is 5.97 Å². The third kappa shape index (κ3) is 4.72. The molecular formula is C17H16BrClN2O3. The van der Waals surface area contributed by atoms with E-state index < -0.39 is 5.97 Å². The molecule has 0 aromatic heterocycles. The van der Waals surface area contributed by atoms with Crippen LogP contribution in [-0.2, 0) is 9.63 Å². The monoisotopic (exact) mass is 410 g/mol. The normalized spacial score (nSPS) is 11.2. The number of halogens is 2. The molecule has 0 aliphatic rings. The van der Waals surface area contributed by atoms with E-state index in [1.807, 2.05) is 26.0 Å². The lowest BCUT2D eigenvalue weighted by atomic mass is 10.1. The molecule has 0 bridgehead atoms. The van der Waals surface area contributed by atoms with Crippen LogP contribution >= 0.6 is 27.5 Å². The molecule has 2 rings (SSSR count). The summed E-state index contributed by atoms with van der Waals surface area (Å²) in [6, 6.07) is 10.5. The summed E-state index contributed by atoms with van der Waals surface area (Å²) in [6.07, 6.45) is 0. The SMILES string of the molecule is Cc1cc(OCC(=O)O/N=C(/N)c2ccccc2Cl)cc(C)c1Br. The molecule has 24 heavy (non-hydrogen) atoms. The molecule has 0 aliphatic heterocycles. The summed E-state index contributed by atoms with van der Waals surface area (Å²) >= 11 is 9.46. The summed E-state index contributed by atoms with van der Waals surface area (Å²) in [5.74, 6) is -0.0688. The van der Waals surface area contributed by atoms with Gasteiger partial charge in [0.15, 0.2) is 12.4 Å². The van der Waals surface area contributed by atoms with Crippen LogP contribution in [0.3, 0.4) is 0 Å². The minimum absolute atomic E-state index is 0.0179.